The van der Waals surface area contributed by atoms with Crippen molar-refractivity contribution in [3.05, 3.63) is 54.3 Å². The minimum atomic E-state index is -0.440. The van der Waals surface area contributed by atoms with Gasteiger partial charge in [-0.25, -0.2) is 9.18 Å². The lowest BCUT2D eigenvalue weighted by Crippen LogP contribution is -2.19. The number of nitrogens with one attached hydrogen (secondary N) is 2. The molecule has 24 heavy (non-hydrogen) atoms. The molecule has 0 aliphatic carbocycles. The van der Waals surface area contributed by atoms with Gasteiger partial charge in [-0.2, -0.15) is 0 Å². The van der Waals surface area contributed by atoms with Gasteiger partial charge in [-0.15, -0.1) is 10.2 Å². The zero-order valence-electron chi connectivity index (χ0n) is 12.6. The summed E-state index contributed by atoms with van der Waals surface area (Å²) in [6.07, 6.45) is 0. The summed E-state index contributed by atoms with van der Waals surface area (Å²) in [5, 5.41) is 14.1. The summed E-state index contributed by atoms with van der Waals surface area (Å²) in [5.41, 5.74) is 1.32. The topological polar surface area (TPSA) is 76.1 Å². The van der Waals surface area contributed by atoms with Gasteiger partial charge in [0.15, 0.2) is 0 Å². The Labute approximate surface area is 141 Å². The third-order valence-corrected chi connectivity index (χ3v) is 3.95. The molecule has 2 N–H and O–H groups in total. The van der Waals surface area contributed by atoms with Crippen LogP contribution in [0.1, 0.15) is 0 Å². The Morgan fingerprint density at radius 3 is 2.67 bits per heavy atom. The average Bonchev–Trinajstić information content (AvgIpc) is 3.04. The fourth-order valence-electron chi connectivity index (χ4n) is 1.94. The molecule has 1 heterocycles. The molecule has 1 aromatic heterocycles. The van der Waals surface area contributed by atoms with Crippen LogP contribution in [0.15, 0.2) is 48.5 Å². The monoisotopic (exact) mass is 344 g/mol. The Bertz CT molecular complexity index is 851. The highest BCUT2D eigenvalue weighted by atomic mass is 32.1. The molecular weight excluding hydrogens is 331 g/mol. The lowest BCUT2D eigenvalue weighted by molar-refractivity contribution is 0.262. The predicted molar refractivity (Wildman–Crippen MR) is 90.9 cm³/mol. The van der Waals surface area contributed by atoms with E-state index in [-0.39, 0.29) is 5.82 Å². The van der Waals surface area contributed by atoms with Gasteiger partial charge in [-0.3, -0.25) is 5.32 Å². The minimum absolute atomic E-state index is 0.320. The first kappa shape index (κ1) is 15.9. The number of ether oxygens (including phenoxy) is 1. The van der Waals surface area contributed by atoms with Crippen LogP contribution in [0.4, 0.5) is 20.0 Å². The summed E-state index contributed by atoms with van der Waals surface area (Å²) in [4.78, 5) is 12.0. The zero-order chi connectivity index (χ0) is 16.9. The van der Waals surface area contributed by atoms with Gasteiger partial charge >= 0.3 is 6.03 Å². The smallest absolute Gasteiger partial charge is 0.325 e. The Morgan fingerprint density at radius 2 is 1.92 bits per heavy atom. The molecule has 0 saturated heterocycles. The second-order valence-corrected chi connectivity index (χ2v) is 5.71. The van der Waals surface area contributed by atoms with Crippen molar-refractivity contribution in [3.63, 3.8) is 0 Å². The number of anilines is 2. The summed E-state index contributed by atoms with van der Waals surface area (Å²) in [7, 11) is 1.55. The van der Waals surface area contributed by atoms with Crippen LogP contribution < -0.4 is 15.4 Å². The molecule has 0 saturated carbocycles. The largest absolute Gasteiger partial charge is 0.497 e. The van der Waals surface area contributed by atoms with Gasteiger partial charge < -0.3 is 10.1 Å². The number of nitrogens with zero attached hydrogens (tertiary/aromatic N) is 2. The maximum atomic E-state index is 12.9. The van der Waals surface area contributed by atoms with Crippen molar-refractivity contribution < 1.29 is 13.9 Å². The highest BCUT2D eigenvalue weighted by Gasteiger charge is 2.10. The lowest BCUT2D eigenvalue weighted by atomic mass is 10.2. The van der Waals surface area contributed by atoms with Gasteiger partial charge in [0.05, 0.1) is 7.11 Å². The minimum Gasteiger partial charge on any atom is -0.497 e. The van der Waals surface area contributed by atoms with Crippen LogP contribution in [-0.4, -0.2) is 23.3 Å². The molecule has 122 valence electrons. The van der Waals surface area contributed by atoms with Crippen molar-refractivity contribution in [1.29, 1.82) is 0 Å². The van der Waals surface area contributed by atoms with Gasteiger partial charge in [0.1, 0.15) is 16.6 Å². The molecule has 0 fully saturated rings. The van der Waals surface area contributed by atoms with Crippen molar-refractivity contribution in [3.8, 4) is 16.3 Å². The summed E-state index contributed by atoms with van der Waals surface area (Å²) in [6.45, 7) is 0. The standard InChI is InChI=1S/C16H13FN4O2S/c1-23-13-4-2-3-12(9-13)18-15(22)19-16-21-20-14(24-16)10-5-7-11(17)8-6-10/h2-9H,1H3,(H2,18,19,21,22). The number of hydrogen-bond donors (Lipinski definition) is 2. The number of carbonyl (C=O) groups is 1. The molecule has 0 radical (unpaired) electrons. The van der Waals surface area contributed by atoms with Crippen LogP contribution in [0.25, 0.3) is 10.6 Å². The molecule has 6 nitrogen and oxygen atoms in total. The van der Waals surface area contributed by atoms with E-state index in [1.165, 1.54) is 23.5 Å². The number of methoxy groups -OCH3 is 1. The Balaban J connectivity index is 1.65. The second kappa shape index (κ2) is 7.05. The van der Waals surface area contributed by atoms with E-state index in [0.29, 0.717) is 21.6 Å². The van der Waals surface area contributed by atoms with Gasteiger partial charge in [0.25, 0.3) is 0 Å². The molecule has 3 rings (SSSR count). The quantitative estimate of drug-likeness (QED) is 0.750. The number of amides is 2. The van der Waals surface area contributed by atoms with Crippen molar-refractivity contribution in [2.45, 2.75) is 0 Å². The van der Waals surface area contributed by atoms with Gasteiger partial charge in [0.2, 0.25) is 5.13 Å². The number of hydrogen-bond acceptors (Lipinski definition) is 5. The van der Waals surface area contributed by atoms with Crippen LogP contribution >= 0.6 is 11.3 Å². The van der Waals surface area contributed by atoms with Crippen LogP contribution in [0.3, 0.4) is 0 Å². The zero-order valence-corrected chi connectivity index (χ0v) is 13.4. The highest BCUT2D eigenvalue weighted by Crippen LogP contribution is 2.26. The van der Waals surface area contributed by atoms with E-state index in [2.05, 4.69) is 20.8 Å². The summed E-state index contributed by atoms with van der Waals surface area (Å²) in [6, 6.07) is 12.5. The first-order valence-electron chi connectivity index (χ1n) is 6.95. The number of halogens is 1. The van der Waals surface area contributed by atoms with E-state index < -0.39 is 6.03 Å². The van der Waals surface area contributed by atoms with Gasteiger partial charge in [-0.1, -0.05) is 17.4 Å². The number of carbonyl (C=O) groups excluding carboxylic acids is 1. The molecule has 0 unspecified atom stereocenters. The van der Waals surface area contributed by atoms with Gasteiger partial charge in [-0.05, 0) is 36.4 Å². The van der Waals surface area contributed by atoms with E-state index >= 15 is 0 Å². The summed E-state index contributed by atoms with van der Waals surface area (Å²) in [5.74, 6) is 0.321. The summed E-state index contributed by atoms with van der Waals surface area (Å²) < 4.78 is 18.0. The fourth-order valence-corrected chi connectivity index (χ4v) is 2.69. The first-order chi connectivity index (χ1) is 11.6. The van der Waals surface area contributed by atoms with Crippen molar-refractivity contribution in [2.24, 2.45) is 0 Å². The molecule has 8 heteroatoms. The van der Waals surface area contributed by atoms with E-state index in [4.69, 9.17) is 4.74 Å². The Kier molecular flexibility index (Phi) is 4.66. The third-order valence-electron chi connectivity index (χ3n) is 3.06. The number of benzene rings is 2. The molecule has 0 bridgehead atoms. The highest BCUT2D eigenvalue weighted by molar-refractivity contribution is 7.18. The molecule has 0 aliphatic rings. The van der Waals surface area contributed by atoms with Crippen molar-refractivity contribution in [1.82, 2.24) is 10.2 Å². The first-order valence-corrected chi connectivity index (χ1v) is 7.77. The number of urea groups is 1. The van der Waals surface area contributed by atoms with E-state index in [1.54, 1.807) is 43.5 Å². The molecule has 3 aromatic rings. The number of aromatic nitrogens is 2. The van der Waals surface area contributed by atoms with Crippen LogP contribution in [0.2, 0.25) is 0 Å². The third kappa shape index (κ3) is 3.85. The lowest BCUT2D eigenvalue weighted by Gasteiger charge is -2.06. The molecular formula is C16H13FN4O2S. The van der Waals surface area contributed by atoms with Crippen LogP contribution in [0, 0.1) is 5.82 Å². The normalized spacial score (nSPS) is 10.2. The van der Waals surface area contributed by atoms with Crippen LogP contribution in [0.5, 0.6) is 5.75 Å². The van der Waals surface area contributed by atoms with Crippen molar-refractivity contribution >= 4 is 28.2 Å². The SMILES string of the molecule is COc1cccc(NC(=O)Nc2nnc(-c3ccc(F)cc3)s2)c1. The molecule has 0 spiro atoms. The van der Waals surface area contributed by atoms with Crippen LogP contribution in [-0.2, 0) is 0 Å². The predicted octanol–water partition coefficient (Wildman–Crippen LogP) is 4.00. The molecule has 0 atom stereocenters. The Hall–Kier alpha value is -3.00. The molecule has 2 amide bonds. The second-order valence-electron chi connectivity index (χ2n) is 4.73. The van der Waals surface area contributed by atoms with E-state index in [9.17, 15) is 9.18 Å². The average molecular weight is 344 g/mol. The number of rotatable bonds is 4. The summed E-state index contributed by atoms with van der Waals surface area (Å²) >= 11 is 1.20. The molecule has 2 aromatic carbocycles. The van der Waals surface area contributed by atoms with E-state index in [1.807, 2.05) is 0 Å². The van der Waals surface area contributed by atoms with Gasteiger partial charge in [0, 0.05) is 17.3 Å². The molecule has 0 aliphatic heterocycles. The fraction of sp³-hybridized carbons (Fsp3) is 0.0625. The maximum absolute atomic E-state index is 12.9. The van der Waals surface area contributed by atoms with Crippen molar-refractivity contribution in [2.75, 3.05) is 17.7 Å². The maximum Gasteiger partial charge on any atom is 0.325 e. The Morgan fingerprint density at radius 1 is 1.12 bits per heavy atom. The van der Waals surface area contributed by atoms with E-state index in [0.717, 1.165) is 5.56 Å².